The van der Waals surface area contributed by atoms with E-state index in [4.69, 9.17) is 13.6 Å². The number of ether oxygens (including phenoxy) is 1. The topological polar surface area (TPSA) is 35.5 Å². The number of hydrogen-bond acceptors (Lipinski definition) is 3. The van der Waals surface area contributed by atoms with Crippen LogP contribution in [0, 0.1) is 6.92 Å². The third-order valence-corrected chi connectivity index (χ3v) is 7.49. The quantitative estimate of drug-likeness (QED) is 0.180. The summed E-state index contributed by atoms with van der Waals surface area (Å²) in [7, 11) is 1.62. The Morgan fingerprint density at radius 2 is 1.21 bits per heavy atom. The number of fused-ring (bicyclic) bond motifs is 8. The number of benzene rings is 5. The molecule has 0 atom stereocenters. The minimum atomic E-state index is 0.621. The van der Waals surface area contributed by atoms with Gasteiger partial charge in [-0.05, 0) is 95.1 Å². The molecule has 0 saturated carbocycles. The predicted molar refractivity (Wildman–Crippen MR) is 160 cm³/mol. The summed E-state index contributed by atoms with van der Waals surface area (Å²) < 4.78 is 17.9. The van der Waals surface area contributed by atoms with E-state index in [0.29, 0.717) is 5.76 Å². The fourth-order valence-electron chi connectivity index (χ4n) is 5.44. The van der Waals surface area contributed by atoms with Crippen LogP contribution in [0.25, 0.3) is 71.0 Å². The van der Waals surface area contributed by atoms with Gasteiger partial charge >= 0.3 is 0 Å². The first-order valence-corrected chi connectivity index (χ1v) is 12.7. The Labute approximate surface area is 219 Å². The first-order valence-electron chi connectivity index (χ1n) is 12.7. The molecule has 0 aliphatic heterocycles. The molecule has 3 nitrogen and oxygen atoms in total. The van der Waals surface area contributed by atoms with Crippen LogP contribution in [-0.2, 0) is 4.74 Å². The summed E-state index contributed by atoms with van der Waals surface area (Å²) in [5.74, 6) is 0.621. The molecule has 38 heavy (non-hydrogen) atoms. The zero-order valence-electron chi connectivity index (χ0n) is 21.6. The zero-order valence-corrected chi connectivity index (χ0v) is 21.6. The smallest absolute Gasteiger partial charge is 0.136 e. The van der Waals surface area contributed by atoms with Gasteiger partial charge in [0.25, 0.3) is 0 Å². The SMILES string of the molecule is C=C(/C=C\C(=C/C)c1ccc2cc3c(cc2c1)oc1cc2c(cc13)oc1cc3cc(C)ccc3cc12)OC. The lowest BCUT2D eigenvalue weighted by Gasteiger charge is -2.06. The number of furan rings is 2. The van der Waals surface area contributed by atoms with E-state index in [1.807, 2.05) is 19.1 Å². The Kier molecular flexibility index (Phi) is 4.95. The summed E-state index contributed by atoms with van der Waals surface area (Å²) in [5.41, 5.74) is 6.98. The van der Waals surface area contributed by atoms with Crippen molar-refractivity contribution >= 4 is 71.0 Å². The fourth-order valence-corrected chi connectivity index (χ4v) is 5.44. The van der Waals surface area contributed by atoms with Crippen LogP contribution in [0.15, 0.2) is 112 Å². The van der Waals surface area contributed by atoms with Crippen LogP contribution in [0.3, 0.4) is 0 Å². The predicted octanol–water partition coefficient (Wildman–Crippen LogP) is 10.2. The minimum Gasteiger partial charge on any atom is -0.497 e. The molecule has 0 unspecified atom stereocenters. The van der Waals surface area contributed by atoms with Gasteiger partial charge in [-0.2, -0.15) is 0 Å². The van der Waals surface area contributed by atoms with Crippen molar-refractivity contribution in [1.29, 1.82) is 0 Å². The van der Waals surface area contributed by atoms with Crippen molar-refractivity contribution < 1.29 is 13.6 Å². The van der Waals surface area contributed by atoms with Crippen LogP contribution < -0.4 is 0 Å². The summed E-state index contributed by atoms with van der Waals surface area (Å²) >= 11 is 0. The van der Waals surface area contributed by atoms with Crippen molar-refractivity contribution in [1.82, 2.24) is 0 Å². The number of hydrogen-bond donors (Lipinski definition) is 0. The molecule has 5 aromatic carbocycles. The van der Waals surface area contributed by atoms with Gasteiger partial charge in [0.1, 0.15) is 28.1 Å². The maximum Gasteiger partial charge on any atom is 0.136 e. The van der Waals surface area contributed by atoms with Crippen LogP contribution in [0.1, 0.15) is 18.1 Å². The van der Waals surface area contributed by atoms with Gasteiger partial charge in [-0.15, -0.1) is 0 Å². The van der Waals surface area contributed by atoms with E-state index in [0.717, 1.165) is 65.8 Å². The normalized spacial score (nSPS) is 12.8. The lowest BCUT2D eigenvalue weighted by Crippen LogP contribution is -1.84. The highest BCUT2D eigenvalue weighted by atomic mass is 16.5. The first-order chi connectivity index (χ1) is 18.5. The molecule has 0 bridgehead atoms. The lowest BCUT2D eigenvalue weighted by molar-refractivity contribution is 0.309. The van der Waals surface area contributed by atoms with Crippen molar-refractivity contribution in [2.24, 2.45) is 0 Å². The highest BCUT2D eigenvalue weighted by Gasteiger charge is 2.15. The summed E-state index contributed by atoms with van der Waals surface area (Å²) in [6.07, 6.45) is 5.99. The number of methoxy groups -OCH3 is 1. The zero-order chi connectivity index (χ0) is 26.0. The third kappa shape index (κ3) is 3.51. The Bertz CT molecular complexity index is 2150. The average molecular weight is 495 g/mol. The molecule has 0 N–H and O–H groups in total. The molecule has 2 heterocycles. The molecule has 184 valence electrons. The minimum absolute atomic E-state index is 0.621. The van der Waals surface area contributed by atoms with E-state index in [9.17, 15) is 0 Å². The van der Waals surface area contributed by atoms with E-state index in [2.05, 4.69) is 92.4 Å². The number of allylic oxidation sites excluding steroid dienone is 4. The largest absolute Gasteiger partial charge is 0.497 e. The van der Waals surface area contributed by atoms with Crippen LogP contribution in [-0.4, -0.2) is 7.11 Å². The van der Waals surface area contributed by atoms with Gasteiger partial charge in [0, 0.05) is 21.5 Å². The van der Waals surface area contributed by atoms with E-state index < -0.39 is 0 Å². The van der Waals surface area contributed by atoms with Crippen molar-refractivity contribution in [3.05, 3.63) is 114 Å². The Hall–Kier alpha value is -4.76. The molecular weight excluding hydrogens is 468 g/mol. The van der Waals surface area contributed by atoms with Gasteiger partial charge in [0.2, 0.25) is 0 Å². The molecule has 0 fully saturated rings. The molecule has 3 heteroatoms. The van der Waals surface area contributed by atoms with E-state index in [1.165, 1.54) is 16.3 Å². The van der Waals surface area contributed by atoms with Crippen molar-refractivity contribution in [2.75, 3.05) is 7.11 Å². The summed E-state index contributed by atoms with van der Waals surface area (Å²) in [4.78, 5) is 0. The first kappa shape index (κ1) is 22.4. The van der Waals surface area contributed by atoms with E-state index in [1.54, 1.807) is 7.11 Å². The lowest BCUT2D eigenvalue weighted by atomic mass is 9.99. The average Bonchev–Trinajstić information content (AvgIpc) is 3.45. The molecule has 0 aliphatic carbocycles. The highest BCUT2D eigenvalue weighted by molar-refractivity contribution is 6.18. The standard InChI is InChI=1S/C35H26O3/c1-5-22(9-7-21(3)36-4)23-10-11-25-15-29-31-19-34-30(18-35(31)38-33(29)17-27(25)13-23)28-14-24-8-6-20(2)12-26(24)16-32(28)37-34/h5-19H,3H2,1-2,4H3/b9-7-,22-5+. The summed E-state index contributed by atoms with van der Waals surface area (Å²) in [6.45, 7) is 8.02. The number of rotatable bonds is 4. The summed E-state index contributed by atoms with van der Waals surface area (Å²) in [6, 6.07) is 26.0. The molecule has 0 aliphatic rings. The monoisotopic (exact) mass is 494 g/mol. The second kappa shape index (κ2) is 8.39. The van der Waals surface area contributed by atoms with Gasteiger partial charge in [-0.3, -0.25) is 0 Å². The van der Waals surface area contributed by atoms with Gasteiger partial charge < -0.3 is 13.6 Å². The Balaban J connectivity index is 1.39. The van der Waals surface area contributed by atoms with Gasteiger partial charge in [0.05, 0.1) is 7.11 Å². The van der Waals surface area contributed by atoms with Crippen LogP contribution in [0.2, 0.25) is 0 Å². The molecule has 0 saturated heterocycles. The highest BCUT2D eigenvalue weighted by Crippen LogP contribution is 2.39. The molecule has 0 amide bonds. The van der Waals surface area contributed by atoms with Crippen molar-refractivity contribution in [2.45, 2.75) is 13.8 Å². The molecule has 7 rings (SSSR count). The van der Waals surface area contributed by atoms with Crippen LogP contribution >= 0.6 is 0 Å². The maximum absolute atomic E-state index is 6.41. The van der Waals surface area contributed by atoms with Crippen LogP contribution in [0.4, 0.5) is 0 Å². The molecule has 2 aromatic heterocycles. The van der Waals surface area contributed by atoms with Crippen LogP contribution in [0.5, 0.6) is 0 Å². The molecule has 0 radical (unpaired) electrons. The van der Waals surface area contributed by atoms with E-state index in [-0.39, 0.29) is 0 Å². The van der Waals surface area contributed by atoms with Gasteiger partial charge in [-0.25, -0.2) is 0 Å². The van der Waals surface area contributed by atoms with Crippen molar-refractivity contribution in [3.63, 3.8) is 0 Å². The van der Waals surface area contributed by atoms with Gasteiger partial charge in [-0.1, -0.05) is 54.6 Å². The fraction of sp³-hybridized carbons (Fsp3) is 0.0857. The maximum atomic E-state index is 6.41. The second-order valence-corrected chi connectivity index (χ2v) is 9.91. The second-order valence-electron chi connectivity index (χ2n) is 9.91. The molecular formula is C35H26O3. The Morgan fingerprint density at radius 3 is 1.82 bits per heavy atom. The molecule has 7 aromatic rings. The number of aryl methyl sites for hydroxylation is 1. The summed E-state index contributed by atoms with van der Waals surface area (Å²) in [5, 5.41) is 9.02. The third-order valence-electron chi connectivity index (χ3n) is 7.49. The van der Waals surface area contributed by atoms with Crippen molar-refractivity contribution in [3.8, 4) is 0 Å². The van der Waals surface area contributed by atoms with Gasteiger partial charge in [0.15, 0.2) is 0 Å². The Morgan fingerprint density at radius 1 is 0.658 bits per heavy atom. The molecule has 0 spiro atoms. The van der Waals surface area contributed by atoms with E-state index >= 15 is 0 Å².